The summed E-state index contributed by atoms with van der Waals surface area (Å²) in [7, 11) is 0. The fraction of sp³-hybridized carbons (Fsp3) is 0.357. The number of hydrogen-bond donors (Lipinski definition) is 1. The Morgan fingerprint density at radius 2 is 2.18 bits per heavy atom. The van der Waals surface area contributed by atoms with Crippen LogP contribution in [0.2, 0.25) is 0 Å². The average molecular weight is 244 g/mol. The molecule has 0 bridgehead atoms. The maximum atomic E-state index is 4.49. The van der Waals surface area contributed by atoms with Crippen molar-refractivity contribution in [3.63, 3.8) is 0 Å². The van der Waals surface area contributed by atoms with Crippen LogP contribution in [-0.4, -0.2) is 16.8 Å². The van der Waals surface area contributed by atoms with Crippen LogP contribution in [0.25, 0.3) is 10.9 Å². The number of rotatable bonds is 1. The number of hydrogen-bond acceptors (Lipinski definition) is 3. The molecule has 1 aliphatic heterocycles. The van der Waals surface area contributed by atoms with Gasteiger partial charge in [0.1, 0.15) is 0 Å². The van der Waals surface area contributed by atoms with Crippen molar-refractivity contribution in [1.29, 1.82) is 0 Å². The van der Waals surface area contributed by atoms with E-state index in [0.717, 1.165) is 12.1 Å². The molecule has 1 N–H and O–H groups in total. The molecule has 0 amide bonds. The van der Waals surface area contributed by atoms with E-state index in [0.29, 0.717) is 11.2 Å². The molecule has 88 valence electrons. The van der Waals surface area contributed by atoms with Crippen LogP contribution in [0.3, 0.4) is 0 Å². The van der Waals surface area contributed by atoms with Gasteiger partial charge < -0.3 is 5.32 Å². The molecule has 17 heavy (non-hydrogen) atoms. The first-order valence-electron chi connectivity index (χ1n) is 6.04. The zero-order valence-electron chi connectivity index (χ0n) is 10.1. The average Bonchev–Trinajstić information content (AvgIpc) is 2.38. The van der Waals surface area contributed by atoms with Crippen LogP contribution in [0, 0.1) is 5.92 Å². The highest BCUT2D eigenvalue weighted by atomic mass is 32.2. The predicted molar refractivity (Wildman–Crippen MR) is 74.7 cm³/mol. The molecule has 1 aromatic heterocycles. The fourth-order valence-electron chi connectivity index (χ4n) is 2.14. The highest BCUT2D eigenvalue weighted by Gasteiger charge is 2.23. The minimum absolute atomic E-state index is 0.647. The van der Waals surface area contributed by atoms with E-state index in [1.165, 1.54) is 16.0 Å². The van der Waals surface area contributed by atoms with Crippen LogP contribution in [0.4, 0.5) is 5.69 Å². The lowest BCUT2D eigenvalue weighted by Gasteiger charge is -2.28. The number of fused-ring (bicyclic) bond motifs is 3. The Labute approximate surface area is 106 Å². The van der Waals surface area contributed by atoms with Crippen molar-refractivity contribution in [3.05, 3.63) is 30.5 Å². The van der Waals surface area contributed by atoms with E-state index in [9.17, 15) is 0 Å². The summed E-state index contributed by atoms with van der Waals surface area (Å²) in [6.07, 6.45) is 1.96. The summed E-state index contributed by atoms with van der Waals surface area (Å²) < 4.78 is 0. The molecule has 1 atom stereocenters. The molecule has 2 nitrogen and oxygen atoms in total. The van der Waals surface area contributed by atoms with Crippen molar-refractivity contribution in [3.8, 4) is 0 Å². The molecule has 0 radical (unpaired) electrons. The Bertz CT molecular complexity index is 551. The summed E-state index contributed by atoms with van der Waals surface area (Å²) >= 11 is 1.99. The summed E-state index contributed by atoms with van der Waals surface area (Å²) in [6, 6.07) is 8.38. The molecule has 0 spiro atoms. The topological polar surface area (TPSA) is 24.9 Å². The third-order valence-electron chi connectivity index (χ3n) is 3.23. The lowest BCUT2D eigenvalue weighted by Crippen LogP contribution is -2.26. The second-order valence-electron chi connectivity index (χ2n) is 4.80. The van der Waals surface area contributed by atoms with E-state index in [1.807, 2.05) is 24.0 Å². The summed E-state index contributed by atoms with van der Waals surface area (Å²) in [5.41, 5.74) is 2.27. The van der Waals surface area contributed by atoms with Gasteiger partial charge in [0.2, 0.25) is 0 Å². The molecular formula is C14H16N2S. The van der Waals surface area contributed by atoms with E-state index in [4.69, 9.17) is 0 Å². The molecule has 0 aliphatic carbocycles. The van der Waals surface area contributed by atoms with Gasteiger partial charge in [-0.05, 0) is 12.0 Å². The van der Waals surface area contributed by atoms with Crippen LogP contribution >= 0.6 is 11.8 Å². The normalized spacial score (nSPS) is 19.1. The van der Waals surface area contributed by atoms with Gasteiger partial charge in [-0.3, -0.25) is 4.98 Å². The van der Waals surface area contributed by atoms with Gasteiger partial charge in [-0.1, -0.05) is 32.0 Å². The van der Waals surface area contributed by atoms with Crippen molar-refractivity contribution in [2.75, 3.05) is 11.9 Å². The van der Waals surface area contributed by atoms with Gasteiger partial charge in [0.05, 0.1) is 17.4 Å². The summed E-state index contributed by atoms with van der Waals surface area (Å²) in [5, 5.41) is 5.42. The van der Waals surface area contributed by atoms with Crippen molar-refractivity contribution in [1.82, 2.24) is 4.98 Å². The van der Waals surface area contributed by atoms with Crippen molar-refractivity contribution >= 4 is 28.4 Å². The number of para-hydroxylation sites is 1. The number of aromatic nitrogens is 1. The first-order valence-corrected chi connectivity index (χ1v) is 6.92. The zero-order chi connectivity index (χ0) is 11.8. The van der Waals surface area contributed by atoms with Gasteiger partial charge in [-0.15, -0.1) is 11.8 Å². The van der Waals surface area contributed by atoms with E-state index < -0.39 is 0 Å². The molecule has 3 rings (SSSR count). The SMILES string of the molecule is CC(C)C1CNc2cnc3ccccc3c2S1. The predicted octanol–water partition coefficient (Wildman–Crippen LogP) is 3.78. The molecule has 3 heteroatoms. The molecule has 1 unspecified atom stereocenters. The Kier molecular flexibility index (Phi) is 2.71. The monoisotopic (exact) mass is 244 g/mol. The van der Waals surface area contributed by atoms with E-state index >= 15 is 0 Å². The minimum atomic E-state index is 0.647. The maximum absolute atomic E-state index is 4.49. The molecule has 2 heterocycles. The van der Waals surface area contributed by atoms with Gasteiger partial charge in [0, 0.05) is 22.1 Å². The Hall–Kier alpha value is -1.22. The second kappa shape index (κ2) is 4.22. The van der Waals surface area contributed by atoms with E-state index in [-0.39, 0.29) is 0 Å². The Balaban J connectivity index is 2.12. The van der Waals surface area contributed by atoms with Gasteiger partial charge >= 0.3 is 0 Å². The summed E-state index contributed by atoms with van der Waals surface area (Å²) in [4.78, 5) is 5.85. The lowest BCUT2D eigenvalue weighted by molar-refractivity contribution is 0.620. The fourth-order valence-corrected chi connectivity index (χ4v) is 3.44. The summed E-state index contributed by atoms with van der Waals surface area (Å²) in [5.74, 6) is 0.688. The van der Waals surface area contributed by atoms with Crippen LogP contribution in [0.15, 0.2) is 35.4 Å². The van der Waals surface area contributed by atoms with Crippen molar-refractivity contribution < 1.29 is 0 Å². The molecule has 1 aliphatic rings. The van der Waals surface area contributed by atoms with Gasteiger partial charge in [-0.2, -0.15) is 0 Å². The molecular weight excluding hydrogens is 228 g/mol. The minimum Gasteiger partial charge on any atom is -0.382 e. The van der Waals surface area contributed by atoms with E-state index in [2.05, 4.69) is 42.3 Å². The number of thioether (sulfide) groups is 1. The Morgan fingerprint density at radius 1 is 1.35 bits per heavy atom. The van der Waals surface area contributed by atoms with Gasteiger partial charge in [0.15, 0.2) is 0 Å². The Morgan fingerprint density at radius 3 is 3.00 bits per heavy atom. The number of nitrogens with one attached hydrogen (secondary N) is 1. The molecule has 0 saturated heterocycles. The number of anilines is 1. The van der Waals surface area contributed by atoms with E-state index in [1.54, 1.807) is 0 Å². The first-order chi connectivity index (χ1) is 8.25. The van der Waals surface area contributed by atoms with Crippen LogP contribution < -0.4 is 5.32 Å². The van der Waals surface area contributed by atoms with Gasteiger partial charge in [0.25, 0.3) is 0 Å². The van der Waals surface area contributed by atoms with Gasteiger partial charge in [-0.25, -0.2) is 0 Å². The quantitative estimate of drug-likeness (QED) is 0.826. The van der Waals surface area contributed by atoms with Crippen LogP contribution in [0.5, 0.6) is 0 Å². The molecule has 1 aromatic carbocycles. The standard InChI is InChI=1S/C14H16N2S/c1-9(2)13-8-16-12-7-15-11-6-4-3-5-10(11)14(12)17-13/h3-7,9,13,16H,8H2,1-2H3. The lowest BCUT2D eigenvalue weighted by atomic mass is 10.1. The summed E-state index contributed by atoms with van der Waals surface area (Å²) in [6.45, 7) is 5.61. The molecule has 2 aromatic rings. The van der Waals surface area contributed by atoms with Crippen LogP contribution in [-0.2, 0) is 0 Å². The third kappa shape index (κ3) is 1.89. The smallest absolute Gasteiger partial charge is 0.0714 e. The highest BCUT2D eigenvalue weighted by molar-refractivity contribution is 8.00. The highest BCUT2D eigenvalue weighted by Crippen LogP contribution is 2.41. The first kappa shape index (κ1) is 10.9. The largest absolute Gasteiger partial charge is 0.382 e. The maximum Gasteiger partial charge on any atom is 0.0714 e. The van der Waals surface area contributed by atoms with Crippen LogP contribution in [0.1, 0.15) is 13.8 Å². The second-order valence-corrected chi connectivity index (χ2v) is 6.05. The molecule has 0 saturated carbocycles. The molecule has 0 fully saturated rings. The number of nitrogens with zero attached hydrogens (tertiary/aromatic N) is 1. The van der Waals surface area contributed by atoms with Crippen molar-refractivity contribution in [2.45, 2.75) is 24.0 Å². The number of pyridine rings is 1. The van der Waals surface area contributed by atoms with Crippen molar-refractivity contribution in [2.24, 2.45) is 5.92 Å². The third-order valence-corrected chi connectivity index (χ3v) is 4.92. The number of benzene rings is 1. The zero-order valence-corrected chi connectivity index (χ0v) is 10.9.